The van der Waals surface area contributed by atoms with Crippen LogP contribution in [-0.4, -0.2) is 17.5 Å². The lowest BCUT2D eigenvalue weighted by Gasteiger charge is -2.26. The lowest BCUT2D eigenvalue weighted by atomic mass is 9.81. The fraction of sp³-hybridized carbons (Fsp3) is 0.462. The third kappa shape index (κ3) is 2.26. The average molecular weight is 204 g/mol. The van der Waals surface area contributed by atoms with Crippen LogP contribution in [0.4, 0.5) is 0 Å². The number of benzene rings is 1. The number of aliphatic hydroxyl groups is 1. The highest BCUT2D eigenvalue weighted by Gasteiger charge is 2.22. The van der Waals surface area contributed by atoms with Gasteiger partial charge in [-0.25, -0.2) is 0 Å². The maximum absolute atomic E-state index is 10.9. The Balaban J connectivity index is 2.18. The van der Waals surface area contributed by atoms with Crippen LogP contribution >= 0.6 is 0 Å². The van der Waals surface area contributed by atoms with Gasteiger partial charge in [0.1, 0.15) is 6.29 Å². The monoisotopic (exact) mass is 204 g/mol. The standard InChI is InChI=1S/C13H16O2/c14-9-11-3-1-2-4-13(11)10-5-7-12(15)8-6-10/h1-4,9-10,12,15H,5-8H2. The van der Waals surface area contributed by atoms with Gasteiger partial charge in [0, 0.05) is 5.56 Å². The molecule has 0 unspecified atom stereocenters. The Labute approximate surface area is 89.9 Å². The van der Waals surface area contributed by atoms with Gasteiger partial charge >= 0.3 is 0 Å². The van der Waals surface area contributed by atoms with Crippen molar-refractivity contribution in [2.45, 2.75) is 37.7 Å². The van der Waals surface area contributed by atoms with Crippen molar-refractivity contribution in [3.05, 3.63) is 35.4 Å². The van der Waals surface area contributed by atoms with Crippen LogP contribution in [0.1, 0.15) is 47.5 Å². The zero-order valence-corrected chi connectivity index (χ0v) is 8.73. The minimum Gasteiger partial charge on any atom is -0.393 e. The van der Waals surface area contributed by atoms with Gasteiger partial charge in [-0.15, -0.1) is 0 Å². The SMILES string of the molecule is O=Cc1ccccc1C1CCC(O)CC1. The maximum atomic E-state index is 10.9. The third-order valence-corrected chi connectivity index (χ3v) is 3.26. The lowest BCUT2D eigenvalue weighted by molar-refractivity contribution is 0.111. The highest BCUT2D eigenvalue weighted by molar-refractivity contribution is 5.77. The van der Waals surface area contributed by atoms with E-state index in [2.05, 4.69) is 0 Å². The molecule has 1 fully saturated rings. The Morgan fingerprint density at radius 1 is 1.13 bits per heavy atom. The summed E-state index contributed by atoms with van der Waals surface area (Å²) in [6, 6.07) is 7.78. The molecule has 15 heavy (non-hydrogen) atoms. The number of aldehydes is 1. The van der Waals surface area contributed by atoms with E-state index in [9.17, 15) is 9.90 Å². The Bertz CT molecular complexity index is 338. The molecule has 1 aromatic rings. The highest BCUT2D eigenvalue weighted by Crippen LogP contribution is 2.33. The van der Waals surface area contributed by atoms with Crippen LogP contribution < -0.4 is 0 Å². The van der Waals surface area contributed by atoms with Crippen molar-refractivity contribution in [1.82, 2.24) is 0 Å². The average Bonchev–Trinajstić information content (AvgIpc) is 2.30. The largest absolute Gasteiger partial charge is 0.393 e. The molecule has 2 heteroatoms. The predicted molar refractivity (Wildman–Crippen MR) is 59.0 cm³/mol. The fourth-order valence-electron chi connectivity index (χ4n) is 2.38. The number of hydrogen-bond donors (Lipinski definition) is 1. The van der Waals surface area contributed by atoms with E-state index in [0.717, 1.165) is 43.1 Å². The van der Waals surface area contributed by atoms with Gasteiger partial charge in [-0.3, -0.25) is 4.79 Å². The lowest BCUT2D eigenvalue weighted by Crippen LogP contribution is -2.17. The number of hydrogen-bond acceptors (Lipinski definition) is 2. The molecule has 0 atom stereocenters. The van der Waals surface area contributed by atoms with Gasteiger partial charge in [-0.05, 0) is 37.2 Å². The van der Waals surface area contributed by atoms with E-state index in [-0.39, 0.29) is 6.10 Å². The first kappa shape index (κ1) is 10.4. The molecule has 0 spiro atoms. The van der Waals surface area contributed by atoms with Gasteiger partial charge in [-0.1, -0.05) is 24.3 Å². The van der Waals surface area contributed by atoms with Crippen LogP contribution in [0.3, 0.4) is 0 Å². The van der Waals surface area contributed by atoms with Crippen molar-refractivity contribution in [1.29, 1.82) is 0 Å². The minimum atomic E-state index is -0.135. The maximum Gasteiger partial charge on any atom is 0.150 e. The number of rotatable bonds is 2. The summed E-state index contributed by atoms with van der Waals surface area (Å²) in [7, 11) is 0. The zero-order chi connectivity index (χ0) is 10.7. The summed E-state index contributed by atoms with van der Waals surface area (Å²) in [5, 5.41) is 9.43. The first-order chi connectivity index (χ1) is 7.31. The minimum absolute atomic E-state index is 0.135. The van der Waals surface area contributed by atoms with Gasteiger partial charge in [0.2, 0.25) is 0 Å². The molecule has 1 aliphatic rings. The molecule has 0 bridgehead atoms. The second-order valence-electron chi connectivity index (χ2n) is 4.25. The van der Waals surface area contributed by atoms with Crippen LogP contribution in [-0.2, 0) is 0 Å². The van der Waals surface area contributed by atoms with Crippen LogP contribution in [0.25, 0.3) is 0 Å². The Morgan fingerprint density at radius 2 is 1.80 bits per heavy atom. The van der Waals surface area contributed by atoms with Crippen LogP contribution in [0.15, 0.2) is 24.3 Å². The summed E-state index contributed by atoms with van der Waals surface area (Å²) in [6.45, 7) is 0. The van der Waals surface area contributed by atoms with E-state index in [0.29, 0.717) is 5.92 Å². The zero-order valence-electron chi connectivity index (χ0n) is 8.73. The molecule has 1 aliphatic carbocycles. The molecule has 80 valence electrons. The smallest absolute Gasteiger partial charge is 0.150 e. The molecular weight excluding hydrogens is 188 g/mol. The van der Waals surface area contributed by atoms with E-state index < -0.39 is 0 Å². The van der Waals surface area contributed by atoms with Gasteiger partial charge in [-0.2, -0.15) is 0 Å². The summed E-state index contributed by atoms with van der Waals surface area (Å²) in [4.78, 5) is 10.9. The second kappa shape index (κ2) is 4.58. The first-order valence-electron chi connectivity index (χ1n) is 5.53. The van der Waals surface area contributed by atoms with Crippen LogP contribution in [0.5, 0.6) is 0 Å². The predicted octanol–water partition coefficient (Wildman–Crippen LogP) is 2.52. The number of carbonyl (C=O) groups excluding carboxylic acids is 1. The molecule has 2 nitrogen and oxygen atoms in total. The molecule has 0 aliphatic heterocycles. The van der Waals surface area contributed by atoms with Crippen molar-refractivity contribution in [3.63, 3.8) is 0 Å². The highest BCUT2D eigenvalue weighted by atomic mass is 16.3. The molecule has 0 radical (unpaired) electrons. The topological polar surface area (TPSA) is 37.3 Å². The fourth-order valence-corrected chi connectivity index (χ4v) is 2.38. The van der Waals surface area contributed by atoms with Gasteiger partial charge in [0.25, 0.3) is 0 Å². The Kier molecular flexibility index (Phi) is 3.17. The summed E-state index contributed by atoms with van der Waals surface area (Å²) in [5.41, 5.74) is 1.96. The van der Waals surface area contributed by atoms with Crippen molar-refractivity contribution >= 4 is 6.29 Å². The molecule has 1 saturated carbocycles. The van der Waals surface area contributed by atoms with E-state index in [1.165, 1.54) is 0 Å². The second-order valence-corrected chi connectivity index (χ2v) is 4.25. The van der Waals surface area contributed by atoms with Crippen LogP contribution in [0.2, 0.25) is 0 Å². The van der Waals surface area contributed by atoms with Crippen molar-refractivity contribution in [2.24, 2.45) is 0 Å². The molecular formula is C13H16O2. The molecule has 0 saturated heterocycles. The van der Waals surface area contributed by atoms with Crippen molar-refractivity contribution in [2.75, 3.05) is 0 Å². The number of aliphatic hydroxyl groups excluding tert-OH is 1. The van der Waals surface area contributed by atoms with E-state index in [4.69, 9.17) is 0 Å². The first-order valence-corrected chi connectivity index (χ1v) is 5.53. The summed E-state index contributed by atoms with van der Waals surface area (Å²) in [5.74, 6) is 0.454. The molecule has 1 N–H and O–H groups in total. The molecule has 1 aromatic carbocycles. The van der Waals surface area contributed by atoms with E-state index in [1.54, 1.807) is 0 Å². The van der Waals surface area contributed by atoms with Gasteiger partial charge in [0.05, 0.1) is 6.10 Å². The molecule has 0 amide bonds. The summed E-state index contributed by atoms with van der Waals surface area (Å²) in [6.07, 6.45) is 4.50. The number of carbonyl (C=O) groups is 1. The van der Waals surface area contributed by atoms with E-state index in [1.807, 2.05) is 24.3 Å². The Morgan fingerprint density at radius 3 is 2.47 bits per heavy atom. The summed E-state index contributed by atoms with van der Waals surface area (Å²) >= 11 is 0. The van der Waals surface area contributed by atoms with Crippen LogP contribution in [0, 0.1) is 0 Å². The van der Waals surface area contributed by atoms with Gasteiger partial charge in [0.15, 0.2) is 0 Å². The normalized spacial score (nSPS) is 26.2. The molecule has 0 heterocycles. The Hall–Kier alpha value is -1.15. The van der Waals surface area contributed by atoms with E-state index >= 15 is 0 Å². The molecule has 0 aromatic heterocycles. The van der Waals surface area contributed by atoms with Crippen molar-refractivity contribution < 1.29 is 9.90 Å². The van der Waals surface area contributed by atoms with Crippen molar-refractivity contribution in [3.8, 4) is 0 Å². The van der Waals surface area contributed by atoms with Gasteiger partial charge < -0.3 is 5.11 Å². The molecule has 2 rings (SSSR count). The summed E-state index contributed by atoms with van der Waals surface area (Å²) < 4.78 is 0. The third-order valence-electron chi connectivity index (χ3n) is 3.26. The quantitative estimate of drug-likeness (QED) is 0.751.